The van der Waals surface area contributed by atoms with Gasteiger partial charge in [0.05, 0.1) is 11.5 Å². The van der Waals surface area contributed by atoms with Gasteiger partial charge in [-0.05, 0) is 29.3 Å². The molecule has 0 aliphatic rings. The fraction of sp³-hybridized carbons (Fsp3) is 0.200. The lowest BCUT2D eigenvalue weighted by Gasteiger charge is -2.08. The van der Waals surface area contributed by atoms with E-state index >= 15 is 0 Å². The van der Waals surface area contributed by atoms with Crippen LogP contribution in [0.1, 0.15) is 11.1 Å². The Labute approximate surface area is 130 Å². The summed E-state index contributed by atoms with van der Waals surface area (Å²) in [6.45, 7) is 0.460. The average Bonchev–Trinajstić information content (AvgIpc) is 2.48. The normalized spacial score (nSPS) is 10.4. The number of methoxy groups -OCH3 is 1. The van der Waals surface area contributed by atoms with E-state index in [2.05, 4.69) is 15.9 Å². The fourth-order valence-corrected chi connectivity index (χ4v) is 2.22. The van der Waals surface area contributed by atoms with Crippen LogP contribution in [-0.4, -0.2) is 12.0 Å². The Balaban J connectivity index is 2.30. The summed E-state index contributed by atoms with van der Waals surface area (Å²) in [6, 6.07) is 12.2. The Hall–Kier alpha value is -1.92. The van der Waals surface area contributed by atoms with Crippen LogP contribution in [0.25, 0.3) is 0 Å². The Morgan fingerprint density at radius 2 is 2.00 bits per heavy atom. The molecule has 0 fully saturated rings. The number of nitrogens with zero attached hydrogens (tertiary/aromatic N) is 1. The van der Waals surface area contributed by atoms with E-state index in [9.17, 15) is 10.1 Å². The maximum atomic E-state index is 11.1. The van der Waals surface area contributed by atoms with Crippen molar-refractivity contribution in [1.82, 2.24) is 0 Å². The SMILES string of the molecule is COCc1cccc(Oc2ccc(CBr)cc2[N+](=O)[O-])c1. The van der Waals surface area contributed by atoms with Gasteiger partial charge in [-0.1, -0.05) is 34.1 Å². The number of hydrogen-bond donors (Lipinski definition) is 0. The molecule has 0 radical (unpaired) electrons. The molecule has 21 heavy (non-hydrogen) atoms. The molecule has 0 amide bonds. The molecule has 2 aromatic carbocycles. The van der Waals surface area contributed by atoms with Crippen LogP contribution < -0.4 is 4.74 Å². The van der Waals surface area contributed by atoms with Crippen LogP contribution in [0.4, 0.5) is 5.69 Å². The van der Waals surface area contributed by atoms with Gasteiger partial charge in [0, 0.05) is 18.5 Å². The molecule has 2 rings (SSSR count). The maximum Gasteiger partial charge on any atom is 0.311 e. The molecule has 110 valence electrons. The van der Waals surface area contributed by atoms with E-state index in [0.717, 1.165) is 11.1 Å². The Kier molecular flexibility index (Phi) is 5.30. The van der Waals surface area contributed by atoms with Crippen LogP contribution in [-0.2, 0) is 16.7 Å². The second kappa shape index (κ2) is 7.19. The molecule has 0 atom stereocenters. The van der Waals surface area contributed by atoms with Crippen molar-refractivity contribution >= 4 is 21.6 Å². The number of hydrogen-bond acceptors (Lipinski definition) is 4. The molecular weight excluding hydrogens is 338 g/mol. The molecule has 0 spiro atoms. The van der Waals surface area contributed by atoms with E-state index in [1.165, 1.54) is 6.07 Å². The topological polar surface area (TPSA) is 61.6 Å². The zero-order valence-corrected chi connectivity index (χ0v) is 13.0. The molecule has 0 bridgehead atoms. The molecule has 0 aliphatic carbocycles. The summed E-state index contributed by atoms with van der Waals surface area (Å²) in [7, 11) is 1.61. The van der Waals surface area contributed by atoms with Crippen LogP contribution >= 0.6 is 15.9 Å². The lowest BCUT2D eigenvalue weighted by Crippen LogP contribution is -1.95. The number of benzene rings is 2. The number of rotatable bonds is 6. The summed E-state index contributed by atoms with van der Waals surface area (Å²) in [5, 5.41) is 11.7. The smallest absolute Gasteiger partial charge is 0.311 e. The van der Waals surface area contributed by atoms with Gasteiger partial charge >= 0.3 is 5.69 Å². The number of ether oxygens (including phenoxy) is 2. The molecule has 0 saturated heterocycles. The number of nitro groups is 1. The van der Waals surface area contributed by atoms with Gasteiger partial charge < -0.3 is 9.47 Å². The first kappa shape index (κ1) is 15.5. The van der Waals surface area contributed by atoms with Crippen molar-refractivity contribution in [2.24, 2.45) is 0 Å². The van der Waals surface area contributed by atoms with Crippen molar-refractivity contribution in [3.05, 3.63) is 63.7 Å². The first-order valence-electron chi connectivity index (χ1n) is 6.23. The highest BCUT2D eigenvalue weighted by atomic mass is 79.9. The van der Waals surface area contributed by atoms with E-state index < -0.39 is 4.92 Å². The molecule has 5 nitrogen and oxygen atoms in total. The van der Waals surface area contributed by atoms with E-state index in [1.807, 2.05) is 12.1 Å². The van der Waals surface area contributed by atoms with Crippen molar-refractivity contribution < 1.29 is 14.4 Å². The van der Waals surface area contributed by atoms with Gasteiger partial charge in [0.15, 0.2) is 0 Å². The third kappa shape index (κ3) is 4.03. The number of nitro benzene ring substituents is 1. The highest BCUT2D eigenvalue weighted by Crippen LogP contribution is 2.33. The molecule has 0 saturated carbocycles. The van der Waals surface area contributed by atoms with Gasteiger partial charge in [0.25, 0.3) is 0 Å². The van der Waals surface area contributed by atoms with Gasteiger partial charge in [-0.2, -0.15) is 0 Å². The molecule has 0 N–H and O–H groups in total. The predicted molar refractivity (Wildman–Crippen MR) is 83.0 cm³/mol. The second-order valence-electron chi connectivity index (χ2n) is 4.38. The minimum Gasteiger partial charge on any atom is -0.450 e. The van der Waals surface area contributed by atoms with Crippen LogP contribution in [0.2, 0.25) is 0 Å². The van der Waals surface area contributed by atoms with Gasteiger partial charge in [-0.3, -0.25) is 10.1 Å². The van der Waals surface area contributed by atoms with Crippen LogP contribution in [0.15, 0.2) is 42.5 Å². The van der Waals surface area contributed by atoms with Gasteiger partial charge in [-0.15, -0.1) is 0 Å². The number of alkyl halides is 1. The zero-order chi connectivity index (χ0) is 15.2. The molecule has 0 heterocycles. The predicted octanol–water partition coefficient (Wildman–Crippen LogP) is 4.43. The Morgan fingerprint density at radius 3 is 2.67 bits per heavy atom. The highest BCUT2D eigenvalue weighted by molar-refractivity contribution is 9.08. The quantitative estimate of drug-likeness (QED) is 0.438. The molecule has 6 heteroatoms. The van der Waals surface area contributed by atoms with Crippen LogP contribution in [0.5, 0.6) is 11.5 Å². The highest BCUT2D eigenvalue weighted by Gasteiger charge is 2.16. The minimum atomic E-state index is -0.444. The first-order valence-corrected chi connectivity index (χ1v) is 7.35. The third-order valence-corrected chi connectivity index (χ3v) is 3.46. The third-order valence-electron chi connectivity index (χ3n) is 2.81. The minimum absolute atomic E-state index is 0.0518. The molecular formula is C15H14BrNO4. The molecule has 2 aromatic rings. The monoisotopic (exact) mass is 351 g/mol. The summed E-state index contributed by atoms with van der Waals surface area (Å²) < 4.78 is 10.7. The summed E-state index contributed by atoms with van der Waals surface area (Å²) >= 11 is 3.28. The van der Waals surface area contributed by atoms with E-state index in [4.69, 9.17) is 9.47 Å². The molecule has 0 aromatic heterocycles. The van der Waals surface area contributed by atoms with Crippen molar-refractivity contribution in [3.8, 4) is 11.5 Å². The molecule has 0 unspecified atom stereocenters. The van der Waals surface area contributed by atoms with Crippen molar-refractivity contribution in [2.75, 3.05) is 7.11 Å². The van der Waals surface area contributed by atoms with Gasteiger partial charge in [0.1, 0.15) is 5.75 Å². The van der Waals surface area contributed by atoms with E-state index in [-0.39, 0.29) is 11.4 Å². The van der Waals surface area contributed by atoms with Crippen molar-refractivity contribution in [2.45, 2.75) is 11.9 Å². The van der Waals surface area contributed by atoms with E-state index in [0.29, 0.717) is 17.7 Å². The summed E-state index contributed by atoms with van der Waals surface area (Å²) in [5.74, 6) is 0.763. The molecule has 0 aliphatic heterocycles. The maximum absolute atomic E-state index is 11.1. The van der Waals surface area contributed by atoms with Crippen molar-refractivity contribution in [3.63, 3.8) is 0 Å². The fourth-order valence-electron chi connectivity index (χ4n) is 1.87. The summed E-state index contributed by atoms with van der Waals surface area (Å²) in [6.07, 6.45) is 0. The standard InChI is InChI=1S/C15H14BrNO4/c1-20-10-12-3-2-4-13(7-12)21-15-6-5-11(9-16)8-14(15)17(18)19/h2-8H,9-10H2,1H3. The number of halogens is 1. The second-order valence-corrected chi connectivity index (χ2v) is 4.94. The van der Waals surface area contributed by atoms with Gasteiger partial charge in [-0.25, -0.2) is 0 Å². The summed E-state index contributed by atoms with van der Waals surface area (Å²) in [4.78, 5) is 10.7. The lowest BCUT2D eigenvalue weighted by atomic mass is 10.2. The Morgan fingerprint density at radius 1 is 1.19 bits per heavy atom. The van der Waals surface area contributed by atoms with Crippen LogP contribution in [0.3, 0.4) is 0 Å². The van der Waals surface area contributed by atoms with Crippen LogP contribution in [0, 0.1) is 10.1 Å². The van der Waals surface area contributed by atoms with Gasteiger partial charge in [0.2, 0.25) is 5.75 Å². The van der Waals surface area contributed by atoms with Crippen molar-refractivity contribution in [1.29, 1.82) is 0 Å². The van der Waals surface area contributed by atoms with E-state index in [1.54, 1.807) is 31.4 Å². The Bertz CT molecular complexity index is 645. The lowest BCUT2D eigenvalue weighted by molar-refractivity contribution is -0.385. The largest absolute Gasteiger partial charge is 0.450 e. The summed E-state index contributed by atoms with van der Waals surface area (Å²) in [5.41, 5.74) is 1.71. The zero-order valence-electron chi connectivity index (χ0n) is 11.4. The average molecular weight is 352 g/mol. The first-order chi connectivity index (χ1) is 10.1.